The fourth-order valence-corrected chi connectivity index (χ4v) is 6.74. The highest BCUT2D eigenvalue weighted by atomic mass is 28.4. The molecule has 0 aliphatic carbocycles. The summed E-state index contributed by atoms with van der Waals surface area (Å²) >= 11 is 0. The van der Waals surface area contributed by atoms with Crippen LogP contribution in [0.4, 0.5) is 4.79 Å². The number of carbonyl (C=O) groups excluding carboxylic acids is 2. The van der Waals surface area contributed by atoms with E-state index in [0.29, 0.717) is 0 Å². The van der Waals surface area contributed by atoms with Crippen molar-refractivity contribution < 1.29 is 32.7 Å². The molecule has 36 heavy (non-hydrogen) atoms. The van der Waals surface area contributed by atoms with Crippen LogP contribution in [0.15, 0.2) is 0 Å². The van der Waals surface area contributed by atoms with Gasteiger partial charge in [0.2, 0.25) is 0 Å². The van der Waals surface area contributed by atoms with Crippen molar-refractivity contribution in [3.8, 4) is 0 Å². The average molecular weight is 546 g/mol. The Labute approximate surface area is 220 Å². The van der Waals surface area contributed by atoms with E-state index < -0.39 is 70.7 Å². The van der Waals surface area contributed by atoms with E-state index in [1.54, 1.807) is 27.7 Å². The summed E-state index contributed by atoms with van der Waals surface area (Å²) in [5.74, 6) is -1.11. The summed E-state index contributed by atoms with van der Waals surface area (Å²) in [6.45, 7) is 29.3. The van der Waals surface area contributed by atoms with Gasteiger partial charge in [0.15, 0.2) is 16.6 Å². The highest BCUT2D eigenvalue weighted by Gasteiger charge is 2.66. The number of carbonyl (C=O) groups is 2. The van der Waals surface area contributed by atoms with Crippen LogP contribution in [0.2, 0.25) is 36.3 Å². The number of nitrogens with one attached hydrogen (secondary N) is 1. The Balaban J connectivity index is 2.51. The van der Waals surface area contributed by atoms with Gasteiger partial charge in [0, 0.05) is 0 Å². The Morgan fingerprint density at radius 1 is 0.806 bits per heavy atom. The van der Waals surface area contributed by atoms with E-state index in [-0.39, 0.29) is 16.7 Å². The van der Waals surface area contributed by atoms with E-state index in [1.807, 2.05) is 0 Å². The monoisotopic (exact) mass is 545 g/mol. The first kappa shape index (κ1) is 31.3. The minimum atomic E-state index is -2.25. The number of hydrogen-bond acceptors (Lipinski definition) is 7. The normalized spacial score (nSPS) is 29.3. The van der Waals surface area contributed by atoms with Crippen molar-refractivity contribution in [2.75, 3.05) is 6.61 Å². The van der Waals surface area contributed by atoms with E-state index >= 15 is 0 Å². The lowest BCUT2D eigenvalue weighted by Crippen LogP contribution is -2.64. The van der Waals surface area contributed by atoms with Crippen LogP contribution in [-0.2, 0) is 27.9 Å². The largest absolute Gasteiger partial charge is 0.466 e. The highest BCUT2D eigenvalue weighted by Crippen LogP contribution is 2.49. The van der Waals surface area contributed by atoms with Gasteiger partial charge >= 0.3 is 12.1 Å². The number of ether oxygens (including phenoxy) is 3. The van der Waals surface area contributed by atoms with Gasteiger partial charge in [-0.3, -0.25) is 4.79 Å². The van der Waals surface area contributed by atoms with Crippen LogP contribution < -0.4 is 5.32 Å². The lowest BCUT2D eigenvalue weighted by molar-refractivity contribution is -0.152. The summed E-state index contributed by atoms with van der Waals surface area (Å²) < 4.78 is 31.3. The Morgan fingerprint density at radius 2 is 1.25 bits per heavy atom. The SMILES string of the molecule is CCOC(=O)[C@H]1[C@H](NC(=O)OC(C)(C)C)[C@H]2O[C@@H]1[C@H](O[Si](C)(C)C(C)(C)C)[C@@H]2O[Si](C)(C)C(C)(C)C. The molecule has 2 rings (SSSR count). The smallest absolute Gasteiger partial charge is 0.407 e. The summed E-state index contributed by atoms with van der Waals surface area (Å²) in [7, 11) is -4.50. The molecule has 1 amide bonds. The molecule has 2 fully saturated rings. The maximum absolute atomic E-state index is 13.2. The molecule has 2 saturated heterocycles. The molecule has 2 heterocycles. The van der Waals surface area contributed by atoms with E-state index in [2.05, 4.69) is 73.0 Å². The van der Waals surface area contributed by atoms with Crippen LogP contribution in [0.3, 0.4) is 0 Å². The lowest BCUT2D eigenvalue weighted by atomic mass is 9.81. The molecular formula is C26H51NO7Si2. The zero-order valence-electron chi connectivity index (χ0n) is 25.0. The van der Waals surface area contributed by atoms with Gasteiger partial charge in [-0.1, -0.05) is 41.5 Å². The number of fused-ring (bicyclic) bond motifs is 2. The minimum absolute atomic E-state index is 0.0367. The van der Waals surface area contributed by atoms with Crippen LogP contribution in [-0.4, -0.2) is 71.4 Å². The van der Waals surface area contributed by atoms with Crippen molar-refractivity contribution in [1.82, 2.24) is 5.32 Å². The molecule has 0 aromatic rings. The second-order valence-electron chi connectivity index (χ2n) is 14.2. The molecular weight excluding hydrogens is 494 g/mol. The quantitative estimate of drug-likeness (QED) is 0.328. The van der Waals surface area contributed by atoms with Gasteiger partial charge in [0.05, 0.1) is 18.8 Å². The van der Waals surface area contributed by atoms with Crippen molar-refractivity contribution in [3.05, 3.63) is 0 Å². The lowest BCUT2D eigenvalue weighted by Gasteiger charge is -2.47. The standard InChI is InChI=1S/C26H51NO7Si2/c1-15-30-22(28)16-17(27-23(29)32-24(2,3)4)19-21(34-36(13,14)26(8,9)10)20(18(16)31-19)33-35(11,12)25(5,6)7/h16-21H,15H2,1-14H3,(H,27,29)/t16-,17-,18-,19+,20-,21+/m0/s1. The topological polar surface area (TPSA) is 92.3 Å². The fraction of sp³-hybridized carbons (Fsp3) is 0.923. The van der Waals surface area contributed by atoms with Crippen LogP contribution >= 0.6 is 0 Å². The minimum Gasteiger partial charge on any atom is -0.466 e. The molecule has 0 unspecified atom stereocenters. The Bertz CT molecular complexity index is 811. The molecule has 8 nitrogen and oxygen atoms in total. The Hall–Kier alpha value is -0.946. The molecule has 2 aliphatic heterocycles. The molecule has 0 saturated carbocycles. The summed E-state index contributed by atoms with van der Waals surface area (Å²) in [5, 5.41) is 2.85. The first-order chi connectivity index (χ1) is 16.0. The Kier molecular flexibility index (Phi) is 8.96. The van der Waals surface area contributed by atoms with Crippen molar-refractivity contribution in [1.29, 1.82) is 0 Å². The number of rotatable bonds is 7. The van der Waals surface area contributed by atoms with E-state index in [4.69, 9.17) is 23.1 Å². The first-order valence-electron chi connectivity index (χ1n) is 13.2. The van der Waals surface area contributed by atoms with Crippen LogP contribution in [0.1, 0.15) is 69.2 Å². The third-order valence-electron chi connectivity index (χ3n) is 8.10. The summed E-state index contributed by atoms with van der Waals surface area (Å²) in [6, 6.07) is -0.641. The van der Waals surface area contributed by atoms with E-state index in [0.717, 1.165) is 0 Å². The second-order valence-corrected chi connectivity index (χ2v) is 23.7. The molecule has 10 heteroatoms. The average Bonchev–Trinajstić information content (AvgIpc) is 3.14. The zero-order valence-corrected chi connectivity index (χ0v) is 27.0. The van der Waals surface area contributed by atoms with Gasteiger partial charge in [-0.05, 0) is 64.0 Å². The highest BCUT2D eigenvalue weighted by molar-refractivity contribution is 6.74. The zero-order chi connectivity index (χ0) is 28.1. The molecule has 6 atom stereocenters. The van der Waals surface area contributed by atoms with Gasteiger partial charge < -0.3 is 28.4 Å². The van der Waals surface area contributed by atoms with Crippen LogP contribution in [0.25, 0.3) is 0 Å². The molecule has 2 bridgehead atoms. The molecule has 0 spiro atoms. The third kappa shape index (κ3) is 6.73. The van der Waals surface area contributed by atoms with Crippen molar-refractivity contribution in [3.63, 3.8) is 0 Å². The van der Waals surface area contributed by atoms with E-state index in [1.165, 1.54) is 0 Å². The van der Waals surface area contributed by atoms with Gasteiger partial charge in [-0.25, -0.2) is 4.79 Å². The van der Waals surface area contributed by atoms with Gasteiger partial charge in [0.1, 0.15) is 29.8 Å². The number of amides is 1. The maximum atomic E-state index is 13.2. The summed E-state index contributed by atoms with van der Waals surface area (Å²) in [4.78, 5) is 26.0. The summed E-state index contributed by atoms with van der Waals surface area (Å²) in [5.41, 5.74) is -0.674. The Morgan fingerprint density at radius 3 is 1.64 bits per heavy atom. The molecule has 0 radical (unpaired) electrons. The molecule has 0 aromatic heterocycles. The van der Waals surface area contributed by atoms with Crippen LogP contribution in [0, 0.1) is 5.92 Å². The first-order valence-corrected chi connectivity index (χ1v) is 19.0. The predicted octanol–water partition coefficient (Wildman–Crippen LogP) is 5.62. The fourth-order valence-electron chi connectivity index (χ4n) is 4.13. The van der Waals surface area contributed by atoms with E-state index in [9.17, 15) is 9.59 Å². The van der Waals surface area contributed by atoms with Crippen molar-refractivity contribution in [2.24, 2.45) is 5.92 Å². The molecule has 210 valence electrons. The van der Waals surface area contributed by atoms with Gasteiger partial charge in [-0.15, -0.1) is 0 Å². The third-order valence-corrected chi connectivity index (χ3v) is 17.0. The van der Waals surface area contributed by atoms with Gasteiger partial charge in [0.25, 0.3) is 0 Å². The molecule has 2 aliphatic rings. The van der Waals surface area contributed by atoms with Gasteiger partial charge in [-0.2, -0.15) is 0 Å². The van der Waals surface area contributed by atoms with Crippen molar-refractivity contribution in [2.45, 2.75) is 142 Å². The molecule has 0 aromatic carbocycles. The van der Waals surface area contributed by atoms with Crippen molar-refractivity contribution >= 4 is 28.7 Å². The number of esters is 1. The number of hydrogen-bond donors (Lipinski definition) is 1. The number of alkyl carbamates (subject to hydrolysis) is 1. The summed E-state index contributed by atoms with van der Waals surface area (Å²) in [6.07, 6.45) is -2.59. The maximum Gasteiger partial charge on any atom is 0.407 e. The van der Waals surface area contributed by atoms with Crippen LogP contribution in [0.5, 0.6) is 0 Å². The molecule has 1 N–H and O–H groups in total. The second kappa shape index (κ2) is 10.3. The predicted molar refractivity (Wildman–Crippen MR) is 146 cm³/mol.